The predicted octanol–water partition coefficient (Wildman–Crippen LogP) is 4.51. The first-order valence-electron chi connectivity index (χ1n) is 5.43. The van der Waals surface area contributed by atoms with Gasteiger partial charge in [-0.15, -0.1) is 0 Å². The Morgan fingerprint density at radius 3 is 2.53 bits per heavy atom. The van der Waals surface area contributed by atoms with Crippen LogP contribution in [0.25, 0.3) is 21.9 Å². The summed E-state index contributed by atoms with van der Waals surface area (Å²) in [7, 11) is 0. The summed E-state index contributed by atoms with van der Waals surface area (Å²) in [6.07, 6.45) is 3.75. The average molecular weight is 331 g/mol. The van der Waals surface area contributed by atoms with Gasteiger partial charge in [0.2, 0.25) is 0 Å². The van der Waals surface area contributed by atoms with Gasteiger partial charge in [0.05, 0.1) is 0 Å². The Bertz CT molecular complexity index is 676. The van der Waals surface area contributed by atoms with Crippen molar-refractivity contribution in [3.8, 4) is 11.1 Å². The number of fused-ring (bicyclic) bond motifs is 1. The number of nitrogens with zero attached hydrogens (tertiary/aromatic N) is 1. The molecule has 3 aromatic rings. The zero-order chi connectivity index (χ0) is 11.7. The SMILES string of the molecule is Ic1ccncc1-c1ccc2ccccc2c1. The third kappa shape index (κ3) is 2.05. The smallest absolute Gasteiger partial charge is 0.0357 e. The van der Waals surface area contributed by atoms with E-state index in [1.165, 1.54) is 25.5 Å². The molecule has 3 rings (SSSR count). The molecular weight excluding hydrogens is 321 g/mol. The van der Waals surface area contributed by atoms with Gasteiger partial charge in [-0.25, -0.2) is 0 Å². The van der Waals surface area contributed by atoms with Gasteiger partial charge in [-0.05, 0) is 51.1 Å². The molecule has 1 aromatic heterocycles. The lowest BCUT2D eigenvalue weighted by Crippen LogP contribution is -1.84. The molecule has 0 radical (unpaired) electrons. The number of hydrogen-bond acceptors (Lipinski definition) is 1. The van der Waals surface area contributed by atoms with E-state index >= 15 is 0 Å². The van der Waals surface area contributed by atoms with Crippen LogP contribution in [0.15, 0.2) is 60.9 Å². The summed E-state index contributed by atoms with van der Waals surface area (Å²) in [6.45, 7) is 0. The summed E-state index contributed by atoms with van der Waals surface area (Å²) in [5, 5.41) is 2.54. The van der Waals surface area contributed by atoms with Crippen molar-refractivity contribution in [3.05, 3.63) is 64.5 Å². The zero-order valence-electron chi connectivity index (χ0n) is 9.10. The van der Waals surface area contributed by atoms with Crippen LogP contribution in [0.4, 0.5) is 0 Å². The maximum absolute atomic E-state index is 4.20. The summed E-state index contributed by atoms with van der Waals surface area (Å²) in [4.78, 5) is 4.20. The largest absolute Gasteiger partial charge is 0.264 e. The topological polar surface area (TPSA) is 12.9 Å². The van der Waals surface area contributed by atoms with Crippen LogP contribution in [0, 0.1) is 3.57 Å². The monoisotopic (exact) mass is 331 g/mol. The summed E-state index contributed by atoms with van der Waals surface area (Å²) < 4.78 is 1.23. The van der Waals surface area contributed by atoms with Crippen molar-refractivity contribution in [1.29, 1.82) is 0 Å². The van der Waals surface area contributed by atoms with E-state index in [1.54, 1.807) is 0 Å². The van der Waals surface area contributed by atoms with E-state index in [0.717, 1.165) is 0 Å². The van der Waals surface area contributed by atoms with Gasteiger partial charge >= 0.3 is 0 Å². The standard InChI is InChI=1S/C15H10IN/c16-15-7-8-17-10-14(15)13-6-5-11-3-1-2-4-12(11)9-13/h1-10H. The highest BCUT2D eigenvalue weighted by molar-refractivity contribution is 14.1. The highest BCUT2D eigenvalue weighted by atomic mass is 127. The molecule has 2 heteroatoms. The van der Waals surface area contributed by atoms with Gasteiger partial charge in [0.25, 0.3) is 0 Å². The maximum Gasteiger partial charge on any atom is 0.0357 e. The van der Waals surface area contributed by atoms with Crippen LogP contribution >= 0.6 is 22.6 Å². The molecule has 0 bridgehead atoms. The Balaban J connectivity index is 2.22. The number of pyridine rings is 1. The molecule has 2 aromatic carbocycles. The van der Waals surface area contributed by atoms with Gasteiger partial charge < -0.3 is 0 Å². The lowest BCUT2D eigenvalue weighted by atomic mass is 10.0. The fraction of sp³-hybridized carbons (Fsp3) is 0. The Morgan fingerprint density at radius 2 is 1.71 bits per heavy atom. The number of benzene rings is 2. The molecule has 0 unspecified atom stereocenters. The van der Waals surface area contributed by atoms with Crippen LogP contribution in [-0.4, -0.2) is 4.98 Å². The Morgan fingerprint density at radius 1 is 0.882 bits per heavy atom. The minimum absolute atomic E-state index is 1.19. The fourth-order valence-electron chi connectivity index (χ4n) is 1.95. The second-order valence-corrected chi connectivity index (χ2v) is 5.08. The van der Waals surface area contributed by atoms with Crippen molar-refractivity contribution in [2.24, 2.45) is 0 Å². The number of rotatable bonds is 1. The second-order valence-electron chi connectivity index (χ2n) is 3.92. The Hall–Kier alpha value is -1.42. The van der Waals surface area contributed by atoms with Crippen LogP contribution in [0.3, 0.4) is 0 Å². The molecule has 0 atom stereocenters. The minimum atomic E-state index is 1.19. The first kappa shape index (κ1) is 10.7. The van der Waals surface area contributed by atoms with Crippen LogP contribution in [0.1, 0.15) is 0 Å². The number of halogens is 1. The van der Waals surface area contributed by atoms with Crippen LogP contribution in [-0.2, 0) is 0 Å². The Kier molecular flexibility index (Phi) is 2.81. The first-order chi connectivity index (χ1) is 8.34. The summed E-state index contributed by atoms with van der Waals surface area (Å²) >= 11 is 2.35. The lowest BCUT2D eigenvalue weighted by molar-refractivity contribution is 1.32. The van der Waals surface area contributed by atoms with Gasteiger partial charge in [-0.1, -0.05) is 36.4 Å². The van der Waals surface area contributed by atoms with E-state index in [9.17, 15) is 0 Å². The molecule has 0 aliphatic heterocycles. The third-order valence-electron chi connectivity index (χ3n) is 2.83. The van der Waals surface area contributed by atoms with Gasteiger partial charge in [0, 0.05) is 21.5 Å². The van der Waals surface area contributed by atoms with E-state index < -0.39 is 0 Å². The zero-order valence-corrected chi connectivity index (χ0v) is 11.3. The fourth-order valence-corrected chi connectivity index (χ4v) is 2.56. The summed E-state index contributed by atoms with van der Waals surface area (Å²) in [5.74, 6) is 0. The van der Waals surface area contributed by atoms with Crippen LogP contribution in [0.2, 0.25) is 0 Å². The van der Waals surface area contributed by atoms with E-state index in [0.29, 0.717) is 0 Å². The third-order valence-corrected chi connectivity index (χ3v) is 3.77. The highest BCUT2D eigenvalue weighted by Crippen LogP contribution is 2.27. The quantitative estimate of drug-likeness (QED) is 0.598. The molecule has 82 valence electrons. The van der Waals surface area contributed by atoms with E-state index in [1.807, 2.05) is 18.5 Å². The second kappa shape index (κ2) is 4.45. The molecule has 0 aliphatic carbocycles. The highest BCUT2D eigenvalue weighted by Gasteiger charge is 2.03. The molecule has 0 saturated carbocycles. The van der Waals surface area contributed by atoms with Crippen LogP contribution < -0.4 is 0 Å². The lowest BCUT2D eigenvalue weighted by Gasteiger charge is -2.05. The molecule has 0 N–H and O–H groups in total. The molecule has 0 amide bonds. The number of aromatic nitrogens is 1. The molecule has 0 saturated heterocycles. The molecule has 1 heterocycles. The molecule has 1 nitrogen and oxygen atoms in total. The van der Waals surface area contributed by atoms with Gasteiger partial charge in [-0.2, -0.15) is 0 Å². The molecular formula is C15H10IN. The predicted molar refractivity (Wildman–Crippen MR) is 79.9 cm³/mol. The molecule has 0 spiro atoms. The normalized spacial score (nSPS) is 10.6. The van der Waals surface area contributed by atoms with E-state index in [-0.39, 0.29) is 0 Å². The van der Waals surface area contributed by atoms with E-state index in [2.05, 4.69) is 70.0 Å². The van der Waals surface area contributed by atoms with Gasteiger partial charge in [0.15, 0.2) is 0 Å². The minimum Gasteiger partial charge on any atom is -0.264 e. The van der Waals surface area contributed by atoms with Gasteiger partial charge in [-0.3, -0.25) is 4.98 Å². The molecule has 0 fully saturated rings. The van der Waals surface area contributed by atoms with Crippen molar-refractivity contribution in [2.45, 2.75) is 0 Å². The summed E-state index contributed by atoms with van der Waals surface area (Å²) in [6, 6.07) is 17.0. The van der Waals surface area contributed by atoms with Gasteiger partial charge in [0.1, 0.15) is 0 Å². The van der Waals surface area contributed by atoms with E-state index in [4.69, 9.17) is 0 Å². The average Bonchev–Trinajstić information content (AvgIpc) is 2.39. The summed E-state index contributed by atoms with van der Waals surface area (Å²) in [5.41, 5.74) is 2.42. The maximum atomic E-state index is 4.20. The van der Waals surface area contributed by atoms with Crippen molar-refractivity contribution >= 4 is 33.4 Å². The van der Waals surface area contributed by atoms with Crippen molar-refractivity contribution in [2.75, 3.05) is 0 Å². The van der Waals surface area contributed by atoms with Crippen LogP contribution in [0.5, 0.6) is 0 Å². The first-order valence-corrected chi connectivity index (χ1v) is 6.51. The van der Waals surface area contributed by atoms with Crippen molar-refractivity contribution in [3.63, 3.8) is 0 Å². The van der Waals surface area contributed by atoms with Crippen molar-refractivity contribution < 1.29 is 0 Å². The molecule has 17 heavy (non-hydrogen) atoms. The number of hydrogen-bond donors (Lipinski definition) is 0. The molecule has 0 aliphatic rings. The Labute approximate surface area is 114 Å². The van der Waals surface area contributed by atoms with Crippen molar-refractivity contribution in [1.82, 2.24) is 4.98 Å².